The topological polar surface area (TPSA) is 118 Å². The molecule has 1 aliphatic rings. The van der Waals surface area contributed by atoms with E-state index in [4.69, 9.17) is 9.26 Å². The number of piperidine rings is 1. The minimum Gasteiger partial charge on any atom is -0.464 e. The Balaban J connectivity index is 1.53. The Morgan fingerprint density at radius 3 is 2.46 bits per heavy atom. The number of nitrogens with one attached hydrogen (secondary N) is 1. The monoisotopic (exact) mass is 485 g/mol. The van der Waals surface area contributed by atoms with Crippen LogP contribution in [-0.2, 0) is 16.0 Å². The zero-order valence-electron chi connectivity index (χ0n) is 21.0. The van der Waals surface area contributed by atoms with Crippen molar-refractivity contribution in [1.82, 2.24) is 25.3 Å². The van der Waals surface area contributed by atoms with Crippen molar-refractivity contribution < 1.29 is 23.6 Å². The van der Waals surface area contributed by atoms with Gasteiger partial charge in [-0.2, -0.15) is 4.98 Å². The van der Waals surface area contributed by atoms with Crippen LogP contribution in [0, 0.1) is 5.92 Å². The normalized spacial score (nSPS) is 14.5. The van der Waals surface area contributed by atoms with Crippen molar-refractivity contribution in [3.8, 4) is 11.5 Å². The molecule has 10 nitrogen and oxygen atoms in total. The molecule has 1 saturated heterocycles. The number of hydrogen-bond acceptors (Lipinski definition) is 7. The highest BCUT2D eigenvalue weighted by atomic mass is 16.5. The maximum absolute atomic E-state index is 12.6. The molecule has 0 aliphatic carbocycles. The molecule has 1 atom stereocenters. The minimum absolute atomic E-state index is 0.0476. The Morgan fingerprint density at radius 2 is 1.83 bits per heavy atom. The van der Waals surface area contributed by atoms with Gasteiger partial charge in [0.2, 0.25) is 0 Å². The molecule has 1 aromatic heterocycles. The number of aromatic nitrogens is 2. The van der Waals surface area contributed by atoms with Crippen molar-refractivity contribution in [1.29, 1.82) is 0 Å². The number of nitrogens with zero attached hydrogens (tertiary/aromatic N) is 4. The fourth-order valence-electron chi connectivity index (χ4n) is 3.85. The summed E-state index contributed by atoms with van der Waals surface area (Å²) in [5.74, 6) is 0.306. The lowest BCUT2D eigenvalue weighted by atomic mass is 10.1. The average molecular weight is 486 g/mol. The second kappa shape index (κ2) is 12.3. The number of urea groups is 1. The Bertz CT molecular complexity index is 998. The van der Waals surface area contributed by atoms with Crippen LogP contribution in [0.4, 0.5) is 4.79 Å². The van der Waals surface area contributed by atoms with Gasteiger partial charge in [-0.15, -0.1) is 0 Å². The summed E-state index contributed by atoms with van der Waals surface area (Å²) >= 11 is 0. The fourth-order valence-corrected chi connectivity index (χ4v) is 3.85. The summed E-state index contributed by atoms with van der Waals surface area (Å²) in [4.78, 5) is 45.0. The van der Waals surface area contributed by atoms with Crippen LogP contribution >= 0.6 is 0 Å². The van der Waals surface area contributed by atoms with E-state index in [0.29, 0.717) is 30.2 Å². The van der Waals surface area contributed by atoms with Crippen LogP contribution in [0.25, 0.3) is 11.5 Å². The molecule has 10 heteroatoms. The van der Waals surface area contributed by atoms with Crippen LogP contribution in [-0.4, -0.2) is 77.2 Å². The fraction of sp³-hybridized carbons (Fsp3) is 0.560. The summed E-state index contributed by atoms with van der Waals surface area (Å²) in [5, 5.41) is 6.73. The summed E-state index contributed by atoms with van der Waals surface area (Å²) in [5.41, 5.74) is 1.37. The number of ether oxygens (including phenoxy) is 1. The van der Waals surface area contributed by atoms with Gasteiger partial charge in [-0.3, -0.25) is 4.79 Å². The van der Waals surface area contributed by atoms with E-state index >= 15 is 0 Å². The van der Waals surface area contributed by atoms with Gasteiger partial charge in [0, 0.05) is 44.2 Å². The number of carbonyl (C=O) groups is 3. The number of esters is 1. The lowest BCUT2D eigenvalue weighted by molar-refractivity contribution is -0.146. The molecule has 0 spiro atoms. The maximum Gasteiger partial charge on any atom is 0.328 e. The molecular formula is C25H35N5O5. The summed E-state index contributed by atoms with van der Waals surface area (Å²) in [6.45, 7) is 7.62. The smallest absolute Gasteiger partial charge is 0.328 e. The van der Waals surface area contributed by atoms with E-state index in [1.807, 2.05) is 18.7 Å². The molecule has 35 heavy (non-hydrogen) atoms. The van der Waals surface area contributed by atoms with Gasteiger partial charge in [0.15, 0.2) is 5.82 Å². The van der Waals surface area contributed by atoms with E-state index in [-0.39, 0.29) is 24.5 Å². The van der Waals surface area contributed by atoms with Gasteiger partial charge < -0.3 is 24.4 Å². The van der Waals surface area contributed by atoms with E-state index in [2.05, 4.69) is 15.5 Å². The SMILES string of the molecule is CCOC(=O)C(NC(=O)N(C)CCc1noc(-c2ccc(C(=O)N3CCCCC3)cc2)n1)C(C)C. The van der Waals surface area contributed by atoms with Gasteiger partial charge in [-0.25, -0.2) is 9.59 Å². The first-order chi connectivity index (χ1) is 16.8. The highest BCUT2D eigenvalue weighted by Gasteiger charge is 2.26. The van der Waals surface area contributed by atoms with Crippen LogP contribution in [0.3, 0.4) is 0 Å². The van der Waals surface area contributed by atoms with E-state index in [9.17, 15) is 14.4 Å². The number of rotatable bonds is 9. The quantitative estimate of drug-likeness (QED) is 0.542. The third-order valence-corrected chi connectivity index (χ3v) is 5.99. The molecule has 1 N–H and O–H groups in total. The Hall–Kier alpha value is -3.43. The summed E-state index contributed by atoms with van der Waals surface area (Å²) in [7, 11) is 1.64. The molecule has 0 saturated carbocycles. The predicted molar refractivity (Wildman–Crippen MR) is 130 cm³/mol. The lowest BCUT2D eigenvalue weighted by Gasteiger charge is -2.26. The predicted octanol–water partition coefficient (Wildman–Crippen LogP) is 3.13. The van der Waals surface area contributed by atoms with Crippen molar-refractivity contribution in [2.24, 2.45) is 5.92 Å². The molecule has 1 aliphatic heterocycles. The molecule has 190 valence electrons. The maximum atomic E-state index is 12.6. The van der Waals surface area contributed by atoms with Gasteiger partial charge in [-0.05, 0) is 56.4 Å². The third-order valence-electron chi connectivity index (χ3n) is 5.99. The van der Waals surface area contributed by atoms with Crippen LogP contribution in [0.15, 0.2) is 28.8 Å². The Kier molecular flexibility index (Phi) is 9.22. The van der Waals surface area contributed by atoms with E-state index in [1.165, 1.54) is 11.3 Å². The second-order valence-electron chi connectivity index (χ2n) is 9.04. The summed E-state index contributed by atoms with van der Waals surface area (Å²) < 4.78 is 10.4. The molecular weight excluding hydrogens is 450 g/mol. The van der Waals surface area contributed by atoms with E-state index < -0.39 is 12.0 Å². The molecule has 3 rings (SSSR count). The number of amides is 3. The van der Waals surface area contributed by atoms with Gasteiger partial charge in [0.25, 0.3) is 11.8 Å². The number of likely N-dealkylation sites (N-methyl/N-ethyl adjacent to an activating group) is 1. The van der Waals surface area contributed by atoms with E-state index in [1.54, 1.807) is 38.2 Å². The molecule has 1 unspecified atom stereocenters. The Morgan fingerprint density at radius 1 is 1.14 bits per heavy atom. The first kappa shape index (κ1) is 26.2. The van der Waals surface area contributed by atoms with Gasteiger partial charge in [0.05, 0.1) is 6.61 Å². The van der Waals surface area contributed by atoms with Crippen molar-refractivity contribution in [3.05, 3.63) is 35.7 Å². The van der Waals surface area contributed by atoms with Crippen LogP contribution in [0.1, 0.15) is 56.2 Å². The van der Waals surface area contributed by atoms with Crippen molar-refractivity contribution >= 4 is 17.9 Å². The largest absolute Gasteiger partial charge is 0.464 e. The van der Waals surface area contributed by atoms with Crippen molar-refractivity contribution in [2.75, 3.05) is 33.3 Å². The molecule has 1 fully saturated rings. The van der Waals surface area contributed by atoms with Crippen LogP contribution < -0.4 is 5.32 Å². The highest BCUT2D eigenvalue weighted by Crippen LogP contribution is 2.20. The third kappa shape index (κ3) is 7.03. The first-order valence-corrected chi connectivity index (χ1v) is 12.2. The number of hydrogen-bond donors (Lipinski definition) is 1. The molecule has 0 bridgehead atoms. The van der Waals surface area contributed by atoms with Gasteiger partial charge >= 0.3 is 12.0 Å². The summed E-state index contributed by atoms with van der Waals surface area (Å²) in [6.07, 6.45) is 3.66. The molecule has 0 radical (unpaired) electrons. The van der Waals surface area contributed by atoms with Gasteiger partial charge in [-0.1, -0.05) is 19.0 Å². The zero-order valence-corrected chi connectivity index (χ0v) is 21.0. The summed E-state index contributed by atoms with van der Waals surface area (Å²) in [6, 6.07) is 6.07. The Labute approximate surface area is 206 Å². The average Bonchev–Trinajstić information content (AvgIpc) is 3.35. The van der Waals surface area contributed by atoms with E-state index in [0.717, 1.165) is 31.5 Å². The number of likely N-dealkylation sites (tertiary alicyclic amines) is 1. The standard InChI is InChI=1S/C25H35N5O5/c1-5-34-24(32)21(17(2)3)27-25(33)29(4)16-13-20-26-22(35-28-20)18-9-11-19(12-10-18)23(31)30-14-7-6-8-15-30/h9-12,17,21H,5-8,13-16H2,1-4H3,(H,27,33). The molecule has 1 aromatic carbocycles. The minimum atomic E-state index is -0.716. The molecule has 2 aromatic rings. The van der Waals surface area contributed by atoms with Crippen LogP contribution in [0.2, 0.25) is 0 Å². The number of benzene rings is 1. The van der Waals surface area contributed by atoms with Gasteiger partial charge in [0.1, 0.15) is 6.04 Å². The molecule has 2 heterocycles. The zero-order chi connectivity index (χ0) is 25.4. The lowest BCUT2D eigenvalue weighted by Crippen LogP contribution is -2.50. The molecule has 3 amide bonds. The van der Waals surface area contributed by atoms with Crippen LogP contribution in [0.5, 0.6) is 0 Å². The first-order valence-electron chi connectivity index (χ1n) is 12.2. The number of carbonyl (C=O) groups excluding carboxylic acids is 3. The van der Waals surface area contributed by atoms with Crippen molar-refractivity contribution in [2.45, 2.75) is 52.5 Å². The van der Waals surface area contributed by atoms with Crippen molar-refractivity contribution in [3.63, 3.8) is 0 Å². The second-order valence-corrected chi connectivity index (χ2v) is 9.04. The highest BCUT2D eigenvalue weighted by molar-refractivity contribution is 5.94.